The van der Waals surface area contributed by atoms with Crippen molar-refractivity contribution in [2.24, 2.45) is 0 Å². The molecule has 0 saturated heterocycles. The van der Waals surface area contributed by atoms with Crippen LogP contribution in [0.1, 0.15) is 36.1 Å². The summed E-state index contributed by atoms with van der Waals surface area (Å²) in [4.78, 5) is 0. The fourth-order valence-corrected chi connectivity index (χ4v) is 3.19. The van der Waals surface area contributed by atoms with E-state index in [0.717, 1.165) is 44.2 Å². The number of benzene rings is 2. The number of halogens is 3. The fourth-order valence-electron chi connectivity index (χ4n) is 2.22. The van der Waals surface area contributed by atoms with Gasteiger partial charge in [0.05, 0.1) is 6.04 Å². The Morgan fingerprint density at radius 1 is 1.10 bits per heavy atom. The van der Waals surface area contributed by atoms with Crippen LogP contribution >= 0.6 is 39.1 Å². The largest absolute Gasteiger partial charge is 0.306 e. The molecule has 0 fully saturated rings. The Morgan fingerprint density at radius 3 is 2.48 bits per heavy atom. The van der Waals surface area contributed by atoms with Gasteiger partial charge in [0, 0.05) is 14.5 Å². The second kappa shape index (κ2) is 7.64. The van der Waals surface area contributed by atoms with Crippen LogP contribution in [0.4, 0.5) is 0 Å². The molecule has 2 rings (SSSR count). The predicted octanol–water partition coefficient (Wildman–Crippen LogP) is 6.15. The average molecular weight is 387 g/mol. The third-order valence-electron chi connectivity index (χ3n) is 3.40. The third-order valence-corrected chi connectivity index (χ3v) is 4.63. The molecule has 0 saturated carbocycles. The zero-order valence-electron chi connectivity index (χ0n) is 12.1. The molecule has 0 spiro atoms. The van der Waals surface area contributed by atoms with Crippen LogP contribution in [0.25, 0.3) is 0 Å². The van der Waals surface area contributed by atoms with Gasteiger partial charge in [-0.25, -0.2) is 0 Å². The molecule has 2 aromatic carbocycles. The number of rotatable bonds is 5. The molecule has 21 heavy (non-hydrogen) atoms. The molecule has 2 aromatic rings. The van der Waals surface area contributed by atoms with Crippen LogP contribution in [0.3, 0.4) is 0 Å². The first kappa shape index (κ1) is 16.8. The van der Waals surface area contributed by atoms with Gasteiger partial charge >= 0.3 is 0 Å². The van der Waals surface area contributed by atoms with E-state index in [0.29, 0.717) is 0 Å². The van der Waals surface area contributed by atoms with Gasteiger partial charge in [0.25, 0.3) is 0 Å². The molecule has 4 heteroatoms. The molecule has 0 aromatic heterocycles. The molecule has 0 aliphatic heterocycles. The van der Waals surface area contributed by atoms with Gasteiger partial charge in [-0.3, -0.25) is 0 Å². The number of hydrogen-bond donors (Lipinski definition) is 1. The predicted molar refractivity (Wildman–Crippen MR) is 95.5 cm³/mol. The van der Waals surface area contributed by atoms with Crippen molar-refractivity contribution >= 4 is 39.1 Å². The third kappa shape index (κ3) is 4.23. The Hall–Kier alpha value is -0.540. The van der Waals surface area contributed by atoms with Crippen molar-refractivity contribution in [3.8, 4) is 0 Å². The topological polar surface area (TPSA) is 12.0 Å². The summed E-state index contributed by atoms with van der Waals surface area (Å²) in [6, 6.07) is 12.2. The maximum absolute atomic E-state index is 6.42. The number of nitrogens with one attached hydrogen (secondary N) is 1. The maximum Gasteiger partial charge on any atom is 0.0592 e. The SMILES string of the molecule is CCCNC(c1ccc(C)c(Cl)c1)c1ccc(Br)cc1Cl. The summed E-state index contributed by atoms with van der Waals surface area (Å²) in [5.41, 5.74) is 3.27. The zero-order valence-corrected chi connectivity index (χ0v) is 15.2. The summed E-state index contributed by atoms with van der Waals surface area (Å²) in [7, 11) is 0. The average Bonchev–Trinajstić information content (AvgIpc) is 2.44. The Morgan fingerprint density at radius 2 is 1.86 bits per heavy atom. The molecule has 0 radical (unpaired) electrons. The highest BCUT2D eigenvalue weighted by molar-refractivity contribution is 9.10. The van der Waals surface area contributed by atoms with Crippen molar-refractivity contribution < 1.29 is 0 Å². The molecule has 1 N–H and O–H groups in total. The van der Waals surface area contributed by atoms with Gasteiger partial charge in [-0.05, 0) is 54.8 Å². The van der Waals surface area contributed by atoms with Crippen LogP contribution in [0.15, 0.2) is 40.9 Å². The minimum absolute atomic E-state index is 0.0450. The second-order valence-electron chi connectivity index (χ2n) is 5.06. The van der Waals surface area contributed by atoms with E-state index >= 15 is 0 Å². The van der Waals surface area contributed by atoms with Crippen molar-refractivity contribution in [2.45, 2.75) is 26.3 Å². The molecule has 1 unspecified atom stereocenters. The first-order valence-corrected chi connectivity index (χ1v) is 8.52. The van der Waals surface area contributed by atoms with Gasteiger partial charge in [-0.2, -0.15) is 0 Å². The molecule has 0 aliphatic carbocycles. The van der Waals surface area contributed by atoms with E-state index in [2.05, 4.69) is 34.2 Å². The van der Waals surface area contributed by atoms with Gasteiger partial charge in [0.2, 0.25) is 0 Å². The van der Waals surface area contributed by atoms with Gasteiger partial charge in [-0.15, -0.1) is 0 Å². The smallest absolute Gasteiger partial charge is 0.0592 e. The summed E-state index contributed by atoms with van der Waals surface area (Å²) in [6.45, 7) is 5.07. The molecule has 0 aliphatic rings. The highest BCUT2D eigenvalue weighted by Gasteiger charge is 2.17. The van der Waals surface area contributed by atoms with E-state index in [4.69, 9.17) is 23.2 Å². The first-order valence-electron chi connectivity index (χ1n) is 6.97. The lowest BCUT2D eigenvalue weighted by molar-refractivity contribution is 0.598. The highest BCUT2D eigenvalue weighted by Crippen LogP contribution is 2.32. The van der Waals surface area contributed by atoms with E-state index in [-0.39, 0.29) is 6.04 Å². The maximum atomic E-state index is 6.42. The van der Waals surface area contributed by atoms with Crippen molar-refractivity contribution in [2.75, 3.05) is 6.54 Å². The molecule has 0 heterocycles. The van der Waals surface area contributed by atoms with Crippen LogP contribution in [-0.2, 0) is 0 Å². The van der Waals surface area contributed by atoms with Gasteiger partial charge < -0.3 is 5.32 Å². The fraction of sp³-hybridized carbons (Fsp3) is 0.294. The minimum atomic E-state index is 0.0450. The quantitative estimate of drug-likeness (QED) is 0.649. The van der Waals surface area contributed by atoms with E-state index in [9.17, 15) is 0 Å². The van der Waals surface area contributed by atoms with E-state index in [1.807, 2.05) is 37.3 Å². The van der Waals surface area contributed by atoms with Crippen LogP contribution < -0.4 is 5.32 Å². The number of aryl methyl sites for hydroxylation is 1. The molecule has 112 valence electrons. The van der Waals surface area contributed by atoms with Crippen molar-refractivity contribution in [3.63, 3.8) is 0 Å². The van der Waals surface area contributed by atoms with Crippen LogP contribution in [0.5, 0.6) is 0 Å². The van der Waals surface area contributed by atoms with Crippen molar-refractivity contribution in [1.29, 1.82) is 0 Å². The van der Waals surface area contributed by atoms with E-state index in [1.54, 1.807) is 0 Å². The second-order valence-corrected chi connectivity index (χ2v) is 6.79. The molecule has 0 amide bonds. The lowest BCUT2D eigenvalue weighted by atomic mass is 9.97. The zero-order chi connectivity index (χ0) is 15.4. The molecular weight excluding hydrogens is 369 g/mol. The first-order chi connectivity index (χ1) is 10.0. The van der Waals surface area contributed by atoms with Crippen LogP contribution in [-0.4, -0.2) is 6.54 Å². The highest BCUT2D eigenvalue weighted by atomic mass is 79.9. The monoisotopic (exact) mass is 385 g/mol. The summed E-state index contributed by atoms with van der Waals surface area (Å²) in [5.74, 6) is 0. The molecule has 1 atom stereocenters. The van der Waals surface area contributed by atoms with Gasteiger partial charge in [0.15, 0.2) is 0 Å². The lowest BCUT2D eigenvalue weighted by Crippen LogP contribution is -2.23. The van der Waals surface area contributed by atoms with E-state index < -0.39 is 0 Å². The Balaban J connectivity index is 2.44. The summed E-state index contributed by atoms with van der Waals surface area (Å²) in [6.07, 6.45) is 1.06. The van der Waals surface area contributed by atoms with Crippen LogP contribution in [0.2, 0.25) is 10.0 Å². The Bertz CT molecular complexity index is 628. The molecule has 1 nitrogen and oxygen atoms in total. The van der Waals surface area contributed by atoms with Gasteiger partial charge in [0.1, 0.15) is 0 Å². The Kier molecular flexibility index (Phi) is 6.12. The lowest BCUT2D eigenvalue weighted by Gasteiger charge is -2.21. The normalized spacial score (nSPS) is 12.4. The molecule has 0 bridgehead atoms. The van der Waals surface area contributed by atoms with E-state index in [1.165, 1.54) is 0 Å². The number of hydrogen-bond acceptors (Lipinski definition) is 1. The summed E-state index contributed by atoms with van der Waals surface area (Å²) in [5, 5.41) is 5.08. The van der Waals surface area contributed by atoms with Crippen molar-refractivity contribution in [1.82, 2.24) is 5.32 Å². The Labute approximate surface area is 144 Å². The summed E-state index contributed by atoms with van der Waals surface area (Å²) >= 11 is 16.1. The van der Waals surface area contributed by atoms with Crippen LogP contribution in [0, 0.1) is 6.92 Å². The van der Waals surface area contributed by atoms with Crippen molar-refractivity contribution in [3.05, 3.63) is 67.6 Å². The minimum Gasteiger partial charge on any atom is -0.306 e. The standard InChI is InChI=1S/C17H18BrCl2N/c1-3-8-21-17(12-5-4-11(2)15(19)9-12)14-7-6-13(18)10-16(14)20/h4-7,9-10,17,21H,3,8H2,1-2H3. The summed E-state index contributed by atoms with van der Waals surface area (Å²) < 4.78 is 0.979. The van der Waals surface area contributed by atoms with Gasteiger partial charge in [-0.1, -0.05) is 64.3 Å². The molecular formula is C17H18BrCl2N.